The molecule has 108 valence electrons. The third kappa shape index (κ3) is 4.62. The summed E-state index contributed by atoms with van der Waals surface area (Å²) in [5.74, 6) is -0.299. The van der Waals surface area contributed by atoms with Crippen molar-refractivity contribution in [2.75, 3.05) is 16.2 Å². The van der Waals surface area contributed by atoms with E-state index >= 15 is 0 Å². The zero-order chi connectivity index (χ0) is 14.8. The van der Waals surface area contributed by atoms with Crippen molar-refractivity contribution in [2.24, 2.45) is 5.92 Å². The molecule has 0 saturated heterocycles. The van der Waals surface area contributed by atoms with E-state index < -0.39 is 27.5 Å². The summed E-state index contributed by atoms with van der Waals surface area (Å²) in [7, 11) is -3.67. The Labute approximate surface area is 109 Å². The SMILES string of the molecule is CC(C)CS(=O)(=O)Nc1ccc(N)c(C(F)(F)F)c1. The van der Waals surface area contributed by atoms with Gasteiger partial charge in [-0.3, -0.25) is 4.72 Å². The van der Waals surface area contributed by atoms with Crippen LogP contribution in [0.2, 0.25) is 0 Å². The highest BCUT2D eigenvalue weighted by molar-refractivity contribution is 7.92. The summed E-state index contributed by atoms with van der Waals surface area (Å²) in [4.78, 5) is 0. The Bertz CT molecular complexity index is 554. The number of nitrogens with one attached hydrogen (secondary N) is 1. The number of halogens is 3. The lowest BCUT2D eigenvalue weighted by atomic mass is 10.1. The van der Waals surface area contributed by atoms with Crippen LogP contribution in [-0.4, -0.2) is 14.2 Å². The molecule has 1 rings (SSSR count). The zero-order valence-electron chi connectivity index (χ0n) is 10.5. The maximum atomic E-state index is 12.6. The average Bonchev–Trinajstić information content (AvgIpc) is 2.16. The number of alkyl halides is 3. The van der Waals surface area contributed by atoms with Crippen LogP contribution >= 0.6 is 0 Å². The highest BCUT2D eigenvalue weighted by Gasteiger charge is 2.33. The molecular formula is C11H15F3N2O2S. The van der Waals surface area contributed by atoms with Crippen LogP contribution in [0.4, 0.5) is 24.5 Å². The molecule has 1 aromatic carbocycles. The lowest BCUT2D eigenvalue weighted by molar-refractivity contribution is -0.136. The molecule has 0 aliphatic heterocycles. The minimum Gasteiger partial charge on any atom is -0.398 e. The predicted octanol–water partition coefficient (Wildman–Crippen LogP) is 2.69. The fourth-order valence-electron chi connectivity index (χ4n) is 1.53. The van der Waals surface area contributed by atoms with Gasteiger partial charge >= 0.3 is 6.18 Å². The topological polar surface area (TPSA) is 72.2 Å². The first-order chi connectivity index (χ1) is 8.51. The molecule has 0 saturated carbocycles. The lowest BCUT2D eigenvalue weighted by Crippen LogP contribution is -2.20. The summed E-state index contributed by atoms with van der Waals surface area (Å²) in [5, 5.41) is 0. The molecule has 0 unspecified atom stereocenters. The average molecular weight is 296 g/mol. The molecule has 0 aromatic heterocycles. The molecular weight excluding hydrogens is 281 g/mol. The Hall–Kier alpha value is -1.44. The van der Waals surface area contributed by atoms with Gasteiger partial charge in [-0.1, -0.05) is 13.8 Å². The van der Waals surface area contributed by atoms with Crippen molar-refractivity contribution in [2.45, 2.75) is 20.0 Å². The fraction of sp³-hybridized carbons (Fsp3) is 0.455. The van der Waals surface area contributed by atoms with Crippen LogP contribution in [0.3, 0.4) is 0 Å². The molecule has 0 heterocycles. The molecule has 0 aliphatic rings. The second kappa shape index (κ2) is 5.28. The first-order valence-electron chi connectivity index (χ1n) is 5.48. The zero-order valence-corrected chi connectivity index (χ0v) is 11.3. The summed E-state index contributed by atoms with van der Waals surface area (Å²) in [6.45, 7) is 3.40. The Morgan fingerprint density at radius 3 is 2.37 bits per heavy atom. The van der Waals surface area contributed by atoms with Gasteiger partial charge in [0.25, 0.3) is 0 Å². The standard InChI is InChI=1S/C11H15F3N2O2S/c1-7(2)6-19(17,18)16-8-3-4-10(15)9(5-8)11(12,13)14/h3-5,7,16H,6,15H2,1-2H3. The van der Waals surface area contributed by atoms with Crippen LogP contribution in [-0.2, 0) is 16.2 Å². The maximum absolute atomic E-state index is 12.6. The summed E-state index contributed by atoms with van der Waals surface area (Å²) in [6, 6.07) is 2.91. The maximum Gasteiger partial charge on any atom is 0.418 e. The smallest absolute Gasteiger partial charge is 0.398 e. The van der Waals surface area contributed by atoms with Gasteiger partial charge in [-0.25, -0.2) is 8.42 Å². The molecule has 3 N–H and O–H groups in total. The number of rotatable bonds is 4. The normalized spacial score (nSPS) is 12.7. The predicted molar refractivity (Wildman–Crippen MR) is 68.1 cm³/mol. The molecule has 0 aliphatic carbocycles. The van der Waals surface area contributed by atoms with Crippen molar-refractivity contribution in [1.82, 2.24) is 0 Å². The molecule has 0 atom stereocenters. The highest BCUT2D eigenvalue weighted by Crippen LogP contribution is 2.35. The van der Waals surface area contributed by atoms with Gasteiger partial charge in [0.05, 0.1) is 11.3 Å². The van der Waals surface area contributed by atoms with Crippen molar-refractivity contribution in [3.05, 3.63) is 23.8 Å². The van der Waals surface area contributed by atoms with Crippen molar-refractivity contribution in [3.63, 3.8) is 0 Å². The van der Waals surface area contributed by atoms with Crippen molar-refractivity contribution in [3.8, 4) is 0 Å². The van der Waals surface area contributed by atoms with Crippen LogP contribution < -0.4 is 10.5 Å². The number of nitrogen functional groups attached to an aromatic ring is 1. The quantitative estimate of drug-likeness (QED) is 0.839. The van der Waals surface area contributed by atoms with Crippen LogP contribution in [0.25, 0.3) is 0 Å². The van der Waals surface area contributed by atoms with E-state index in [1.54, 1.807) is 13.8 Å². The van der Waals surface area contributed by atoms with Crippen LogP contribution in [0.5, 0.6) is 0 Å². The Kier molecular flexibility index (Phi) is 4.34. The molecule has 0 amide bonds. The van der Waals surface area contributed by atoms with Crippen molar-refractivity contribution in [1.29, 1.82) is 0 Å². The molecule has 0 radical (unpaired) electrons. The van der Waals surface area contributed by atoms with E-state index in [2.05, 4.69) is 4.72 Å². The van der Waals surface area contributed by atoms with Gasteiger partial charge in [0.2, 0.25) is 10.0 Å². The number of hydrogen-bond acceptors (Lipinski definition) is 3. The Morgan fingerprint density at radius 1 is 1.32 bits per heavy atom. The number of benzene rings is 1. The van der Waals surface area contributed by atoms with Crippen molar-refractivity contribution >= 4 is 21.4 Å². The van der Waals surface area contributed by atoms with Crippen LogP contribution in [0.1, 0.15) is 19.4 Å². The van der Waals surface area contributed by atoms with E-state index in [-0.39, 0.29) is 17.4 Å². The number of sulfonamides is 1. The number of anilines is 2. The third-order valence-corrected chi connectivity index (χ3v) is 3.84. The summed E-state index contributed by atoms with van der Waals surface area (Å²) < 4.78 is 63.2. The monoisotopic (exact) mass is 296 g/mol. The third-order valence-electron chi connectivity index (χ3n) is 2.18. The minimum absolute atomic E-state index is 0.131. The van der Waals surface area contributed by atoms with Crippen LogP contribution in [0.15, 0.2) is 18.2 Å². The van der Waals surface area contributed by atoms with Gasteiger partial charge in [0.15, 0.2) is 0 Å². The largest absolute Gasteiger partial charge is 0.418 e. The molecule has 8 heteroatoms. The fourth-order valence-corrected chi connectivity index (χ4v) is 2.97. The molecule has 4 nitrogen and oxygen atoms in total. The van der Waals surface area contributed by atoms with E-state index in [1.165, 1.54) is 6.07 Å². The number of nitrogens with two attached hydrogens (primary N) is 1. The first-order valence-corrected chi connectivity index (χ1v) is 7.14. The van der Waals surface area contributed by atoms with E-state index in [1.807, 2.05) is 0 Å². The molecule has 19 heavy (non-hydrogen) atoms. The molecule has 0 fully saturated rings. The summed E-state index contributed by atoms with van der Waals surface area (Å²) in [5.41, 5.74) is 3.57. The van der Waals surface area contributed by atoms with Gasteiger partial charge in [-0.2, -0.15) is 13.2 Å². The first kappa shape index (κ1) is 15.6. The second-order valence-corrected chi connectivity index (χ2v) is 6.34. The Morgan fingerprint density at radius 2 is 1.89 bits per heavy atom. The van der Waals surface area contributed by atoms with Crippen LogP contribution in [0, 0.1) is 5.92 Å². The van der Waals surface area contributed by atoms with E-state index in [0.717, 1.165) is 6.07 Å². The Balaban J connectivity index is 3.05. The summed E-state index contributed by atoms with van der Waals surface area (Å²) >= 11 is 0. The van der Waals surface area contributed by atoms with Gasteiger partial charge in [-0.15, -0.1) is 0 Å². The highest BCUT2D eigenvalue weighted by atomic mass is 32.2. The molecule has 0 spiro atoms. The van der Waals surface area contributed by atoms with E-state index in [0.29, 0.717) is 6.07 Å². The molecule has 0 bridgehead atoms. The lowest BCUT2D eigenvalue weighted by Gasteiger charge is -2.14. The van der Waals surface area contributed by atoms with E-state index in [9.17, 15) is 21.6 Å². The van der Waals surface area contributed by atoms with Gasteiger partial charge < -0.3 is 5.73 Å². The van der Waals surface area contributed by atoms with Gasteiger partial charge in [-0.05, 0) is 24.1 Å². The second-order valence-electron chi connectivity index (χ2n) is 4.58. The summed E-state index contributed by atoms with van der Waals surface area (Å²) in [6.07, 6.45) is -4.62. The van der Waals surface area contributed by atoms with Crippen molar-refractivity contribution < 1.29 is 21.6 Å². The number of hydrogen-bond donors (Lipinski definition) is 2. The minimum atomic E-state index is -4.62. The van der Waals surface area contributed by atoms with E-state index in [4.69, 9.17) is 5.73 Å². The van der Waals surface area contributed by atoms with Gasteiger partial charge in [0, 0.05) is 11.4 Å². The van der Waals surface area contributed by atoms with Gasteiger partial charge in [0.1, 0.15) is 0 Å². The molecule has 1 aromatic rings.